The molecule has 0 saturated heterocycles. The van der Waals surface area contributed by atoms with E-state index in [2.05, 4.69) is 11.4 Å². The monoisotopic (exact) mass is 479 g/mol. The van der Waals surface area contributed by atoms with Gasteiger partial charge in [0.2, 0.25) is 0 Å². The number of carbonyl (C=O) groups excluding carboxylic acids is 3. The summed E-state index contributed by atoms with van der Waals surface area (Å²) in [4.78, 5) is 39.3. The molecule has 1 N–H and O–H groups in total. The average Bonchev–Trinajstić information content (AvgIpc) is 3.31. The van der Waals surface area contributed by atoms with Crippen molar-refractivity contribution in [3.8, 4) is 5.75 Å². The first-order chi connectivity index (χ1) is 16.2. The Bertz CT molecular complexity index is 1160. The summed E-state index contributed by atoms with van der Waals surface area (Å²) in [5.74, 6) is -0.616. The van der Waals surface area contributed by atoms with Crippen molar-refractivity contribution in [1.82, 2.24) is 5.32 Å². The van der Waals surface area contributed by atoms with E-state index in [1.165, 1.54) is 11.8 Å². The quantitative estimate of drug-likeness (QED) is 0.451. The summed E-state index contributed by atoms with van der Waals surface area (Å²) in [5, 5.41) is 5.40. The molecule has 2 heterocycles. The Morgan fingerprint density at radius 3 is 2.50 bits per heavy atom. The van der Waals surface area contributed by atoms with Crippen LogP contribution in [0.2, 0.25) is 0 Å². The first kappa shape index (κ1) is 24.0. The number of Topliss-reactive ketones (excluding diaryl/α,β-unsaturated/α-hetero) is 1. The second-order valence-electron chi connectivity index (χ2n) is 9.19. The molecule has 0 fully saturated rings. The zero-order valence-electron chi connectivity index (χ0n) is 19.8. The van der Waals surface area contributed by atoms with Crippen LogP contribution in [0.25, 0.3) is 0 Å². The molecule has 178 valence electrons. The second kappa shape index (κ2) is 9.97. The van der Waals surface area contributed by atoms with Gasteiger partial charge in [-0.25, -0.2) is 4.79 Å². The molecule has 2 atom stereocenters. The van der Waals surface area contributed by atoms with Crippen molar-refractivity contribution in [2.75, 3.05) is 6.61 Å². The number of nitrogens with one attached hydrogen (secondary N) is 1. The van der Waals surface area contributed by atoms with Gasteiger partial charge in [-0.2, -0.15) is 0 Å². The second-order valence-corrected chi connectivity index (χ2v) is 10.2. The highest BCUT2D eigenvalue weighted by molar-refractivity contribution is 7.10. The molecule has 0 saturated carbocycles. The Kier molecular flexibility index (Phi) is 7.03. The van der Waals surface area contributed by atoms with Gasteiger partial charge in [0.15, 0.2) is 5.78 Å². The van der Waals surface area contributed by atoms with E-state index in [1.807, 2.05) is 32.2 Å². The predicted molar refractivity (Wildman–Crippen MR) is 130 cm³/mol. The van der Waals surface area contributed by atoms with Crippen molar-refractivity contribution < 1.29 is 23.9 Å². The third kappa shape index (κ3) is 4.99. The van der Waals surface area contributed by atoms with Crippen molar-refractivity contribution in [2.45, 2.75) is 52.4 Å². The van der Waals surface area contributed by atoms with Crippen LogP contribution in [-0.4, -0.2) is 24.3 Å². The Morgan fingerprint density at radius 1 is 1.15 bits per heavy atom. The van der Waals surface area contributed by atoms with Crippen molar-refractivity contribution in [1.29, 1.82) is 0 Å². The van der Waals surface area contributed by atoms with Gasteiger partial charge in [-0.15, -0.1) is 11.3 Å². The van der Waals surface area contributed by atoms with Crippen LogP contribution in [0.4, 0.5) is 0 Å². The van der Waals surface area contributed by atoms with Crippen molar-refractivity contribution in [3.63, 3.8) is 0 Å². The Hall–Kier alpha value is -3.19. The Morgan fingerprint density at radius 2 is 1.88 bits per heavy atom. The molecule has 0 bridgehead atoms. The van der Waals surface area contributed by atoms with Gasteiger partial charge in [-0.3, -0.25) is 9.59 Å². The first-order valence-corrected chi connectivity index (χ1v) is 12.4. The molecular weight excluding hydrogens is 450 g/mol. The van der Waals surface area contributed by atoms with Crippen LogP contribution in [0, 0.1) is 5.92 Å². The number of carbonyl (C=O) groups is 3. The van der Waals surface area contributed by atoms with E-state index < -0.39 is 17.9 Å². The number of dihydropyridines is 1. The van der Waals surface area contributed by atoms with E-state index >= 15 is 0 Å². The minimum Gasteiger partial charge on any atom is -0.462 e. The number of rotatable bonds is 6. The predicted octanol–water partition coefficient (Wildman–Crippen LogP) is 5.23. The molecule has 1 aliphatic heterocycles. The van der Waals surface area contributed by atoms with Crippen LogP contribution in [0.5, 0.6) is 5.75 Å². The molecule has 4 rings (SSSR count). The average molecular weight is 480 g/mol. The van der Waals surface area contributed by atoms with E-state index in [9.17, 15) is 14.4 Å². The summed E-state index contributed by atoms with van der Waals surface area (Å²) in [6, 6.07) is 11.1. The normalized spacial score (nSPS) is 20.2. The van der Waals surface area contributed by atoms with Gasteiger partial charge in [-0.05, 0) is 48.4 Å². The highest BCUT2D eigenvalue weighted by atomic mass is 32.1. The number of esters is 2. The number of benzene rings is 1. The van der Waals surface area contributed by atoms with Gasteiger partial charge >= 0.3 is 11.9 Å². The maximum Gasteiger partial charge on any atom is 0.336 e. The van der Waals surface area contributed by atoms with E-state index in [4.69, 9.17) is 9.47 Å². The van der Waals surface area contributed by atoms with Gasteiger partial charge in [0, 0.05) is 47.0 Å². The molecular formula is C27H29NO5S. The molecule has 7 heteroatoms. The lowest BCUT2D eigenvalue weighted by Crippen LogP contribution is -2.36. The SMILES string of the molecule is CC(=O)Oc1ccc(C2C(C(=O)OCC(C)C)=C(C)NC3=C2C(=O)CC(c2cccs2)C3)cc1. The van der Waals surface area contributed by atoms with Gasteiger partial charge in [0.25, 0.3) is 0 Å². The number of hydrogen-bond acceptors (Lipinski definition) is 7. The number of ether oxygens (including phenoxy) is 2. The first-order valence-electron chi connectivity index (χ1n) is 11.5. The molecule has 34 heavy (non-hydrogen) atoms. The number of allylic oxidation sites excluding steroid dienone is 3. The largest absolute Gasteiger partial charge is 0.462 e. The number of thiophene rings is 1. The zero-order valence-corrected chi connectivity index (χ0v) is 20.7. The molecule has 1 aliphatic carbocycles. The molecule has 2 aliphatic rings. The lowest BCUT2D eigenvalue weighted by molar-refractivity contribution is -0.140. The fourth-order valence-electron chi connectivity index (χ4n) is 4.58. The molecule has 6 nitrogen and oxygen atoms in total. The Balaban J connectivity index is 1.75. The van der Waals surface area contributed by atoms with E-state index in [-0.39, 0.29) is 17.6 Å². The number of hydrogen-bond donors (Lipinski definition) is 1. The standard InChI is InChI=1S/C27H29NO5S/c1-15(2)14-32-27(31)24-16(3)28-21-12-19(23-6-5-11-34-23)13-22(30)26(21)25(24)18-7-9-20(10-8-18)33-17(4)29/h5-11,15,19,25,28H,12-14H2,1-4H3. The summed E-state index contributed by atoms with van der Waals surface area (Å²) < 4.78 is 10.8. The molecule has 2 unspecified atom stereocenters. The molecule has 1 aromatic carbocycles. The summed E-state index contributed by atoms with van der Waals surface area (Å²) in [5.41, 5.74) is 3.41. The minimum atomic E-state index is -0.543. The minimum absolute atomic E-state index is 0.0304. The van der Waals surface area contributed by atoms with Crippen LogP contribution < -0.4 is 10.1 Å². The molecule has 0 spiro atoms. The van der Waals surface area contributed by atoms with E-state index in [0.29, 0.717) is 42.0 Å². The summed E-state index contributed by atoms with van der Waals surface area (Å²) >= 11 is 1.66. The molecule has 1 aromatic heterocycles. The van der Waals surface area contributed by atoms with Crippen LogP contribution >= 0.6 is 11.3 Å². The summed E-state index contributed by atoms with van der Waals surface area (Å²) in [6.45, 7) is 7.46. The van der Waals surface area contributed by atoms with Crippen molar-refractivity contribution >= 4 is 29.1 Å². The Labute approximate surface area is 203 Å². The van der Waals surface area contributed by atoms with Gasteiger partial charge in [-0.1, -0.05) is 32.0 Å². The number of ketones is 1. The van der Waals surface area contributed by atoms with Crippen LogP contribution in [-0.2, 0) is 19.1 Å². The fourth-order valence-corrected chi connectivity index (χ4v) is 5.41. The van der Waals surface area contributed by atoms with Crippen LogP contribution in [0.15, 0.2) is 64.3 Å². The van der Waals surface area contributed by atoms with E-state index in [0.717, 1.165) is 11.3 Å². The van der Waals surface area contributed by atoms with Crippen LogP contribution in [0.3, 0.4) is 0 Å². The third-order valence-electron chi connectivity index (χ3n) is 6.02. The zero-order chi connectivity index (χ0) is 24.4. The molecule has 2 aromatic rings. The highest BCUT2D eigenvalue weighted by Crippen LogP contribution is 2.46. The van der Waals surface area contributed by atoms with Gasteiger partial charge < -0.3 is 14.8 Å². The molecule has 0 radical (unpaired) electrons. The lowest BCUT2D eigenvalue weighted by Gasteiger charge is -2.36. The molecule has 0 amide bonds. The van der Waals surface area contributed by atoms with E-state index in [1.54, 1.807) is 35.6 Å². The van der Waals surface area contributed by atoms with Gasteiger partial charge in [0.1, 0.15) is 5.75 Å². The smallest absolute Gasteiger partial charge is 0.336 e. The highest BCUT2D eigenvalue weighted by Gasteiger charge is 2.41. The fraction of sp³-hybridized carbons (Fsp3) is 0.370. The van der Waals surface area contributed by atoms with Gasteiger partial charge in [0.05, 0.1) is 12.2 Å². The third-order valence-corrected chi connectivity index (χ3v) is 7.05. The van der Waals surface area contributed by atoms with Crippen molar-refractivity contribution in [2.24, 2.45) is 5.92 Å². The topological polar surface area (TPSA) is 81.7 Å². The van der Waals surface area contributed by atoms with Crippen molar-refractivity contribution in [3.05, 3.63) is 74.8 Å². The summed E-state index contributed by atoms with van der Waals surface area (Å²) in [7, 11) is 0. The maximum absolute atomic E-state index is 13.5. The lowest BCUT2D eigenvalue weighted by atomic mass is 9.72. The summed E-state index contributed by atoms with van der Waals surface area (Å²) in [6.07, 6.45) is 1.10. The maximum atomic E-state index is 13.5. The van der Waals surface area contributed by atoms with Crippen LogP contribution in [0.1, 0.15) is 62.8 Å².